The molecule has 3 amide bonds. The van der Waals surface area contributed by atoms with E-state index in [0.29, 0.717) is 28.3 Å². The number of hydrogen-bond acceptors (Lipinski definition) is 7. The maximum atomic E-state index is 12.5. The van der Waals surface area contributed by atoms with Crippen LogP contribution in [0.25, 0.3) is 0 Å². The lowest BCUT2D eigenvalue weighted by molar-refractivity contribution is -0.148. The van der Waals surface area contributed by atoms with Crippen LogP contribution in [0.15, 0.2) is 42.5 Å². The molecule has 1 unspecified atom stereocenters. The van der Waals surface area contributed by atoms with Crippen LogP contribution in [0.4, 0.5) is 5.69 Å². The van der Waals surface area contributed by atoms with Gasteiger partial charge in [0.05, 0.1) is 37.8 Å². The van der Waals surface area contributed by atoms with Crippen LogP contribution in [0, 0.1) is 5.92 Å². The van der Waals surface area contributed by atoms with E-state index in [1.54, 1.807) is 42.5 Å². The molecule has 0 aliphatic carbocycles. The Morgan fingerprint density at radius 3 is 2.25 bits per heavy atom. The highest BCUT2D eigenvalue weighted by molar-refractivity contribution is 6.21. The largest absolute Gasteiger partial charge is 0.493 e. The molecule has 4 rings (SSSR count). The van der Waals surface area contributed by atoms with Crippen molar-refractivity contribution in [2.45, 2.75) is 6.42 Å². The molecule has 2 aromatic rings. The highest BCUT2D eigenvalue weighted by atomic mass is 16.5. The summed E-state index contributed by atoms with van der Waals surface area (Å²) in [6, 6.07) is 11.6. The Hall–Kier alpha value is -3.88. The van der Waals surface area contributed by atoms with E-state index < -0.39 is 23.7 Å². The number of imide groups is 1. The first-order valence-corrected chi connectivity index (χ1v) is 10.1. The number of carbonyl (C=O) groups excluding carboxylic acids is 4. The monoisotopic (exact) mass is 438 g/mol. The Kier molecular flexibility index (Phi) is 5.81. The molecule has 0 saturated carbocycles. The molecule has 0 spiro atoms. The minimum atomic E-state index is -0.641. The van der Waals surface area contributed by atoms with Crippen LogP contribution >= 0.6 is 0 Å². The summed E-state index contributed by atoms with van der Waals surface area (Å²) in [4.78, 5) is 52.3. The number of carbonyl (C=O) groups is 4. The van der Waals surface area contributed by atoms with Crippen LogP contribution in [-0.2, 0) is 14.3 Å². The van der Waals surface area contributed by atoms with E-state index >= 15 is 0 Å². The summed E-state index contributed by atoms with van der Waals surface area (Å²) in [5, 5.41) is 0. The fraction of sp³-hybridized carbons (Fsp3) is 0.304. The summed E-state index contributed by atoms with van der Waals surface area (Å²) < 4.78 is 15.8. The lowest BCUT2D eigenvalue weighted by Gasteiger charge is -2.18. The number of anilines is 1. The van der Waals surface area contributed by atoms with Crippen LogP contribution in [0.1, 0.15) is 27.1 Å². The lowest BCUT2D eigenvalue weighted by atomic mass is 10.1. The van der Waals surface area contributed by atoms with Gasteiger partial charge in [-0.05, 0) is 24.3 Å². The van der Waals surface area contributed by atoms with E-state index in [0.717, 1.165) is 4.90 Å². The summed E-state index contributed by atoms with van der Waals surface area (Å²) in [6.45, 7) is -0.0103. The second-order valence-corrected chi connectivity index (χ2v) is 7.42. The fourth-order valence-electron chi connectivity index (χ4n) is 3.91. The zero-order valence-corrected chi connectivity index (χ0v) is 17.7. The summed E-state index contributed by atoms with van der Waals surface area (Å²) in [5.41, 5.74) is 1.28. The third-order valence-corrected chi connectivity index (χ3v) is 5.57. The van der Waals surface area contributed by atoms with Crippen molar-refractivity contribution in [3.05, 3.63) is 53.6 Å². The Balaban J connectivity index is 1.34. The Morgan fingerprint density at radius 1 is 0.969 bits per heavy atom. The first-order valence-electron chi connectivity index (χ1n) is 10.1. The molecule has 0 radical (unpaired) electrons. The SMILES string of the molecule is COc1ccc(N2CC(C(=O)OCCN3C(=O)c4ccccc4C3=O)CC2=O)cc1OC. The van der Waals surface area contributed by atoms with E-state index in [9.17, 15) is 19.2 Å². The molecule has 2 heterocycles. The van der Waals surface area contributed by atoms with Gasteiger partial charge in [-0.25, -0.2) is 0 Å². The van der Waals surface area contributed by atoms with Crippen molar-refractivity contribution in [2.75, 3.05) is 38.8 Å². The van der Waals surface area contributed by atoms with Gasteiger partial charge in [-0.15, -0.1) is 0 Å². The van der Waals surface area contributed by atoms with E-state index in [1.807, 2.05) is 0 Å². The maximum absolute atomic E-state index is 12.5. The smallest absolute Gasteiger partial charge is 0.311 e. The molecule has 2 aliphatic rings. The predicted octanol–water partition coefficient (Wildman–Crippen LogP) is 1.90. The fourth-order valence-corrected chi connectivity index (χ4v) is 3.91. The first-order chi connectivity index (χ1) is 15.4. The van der Waals surface area contributed by atoms with Gasteiger partial charge in [-0.3, -0.25) is 24.1 Å². The normalized spacial score (nSPS) is 17.6. The molecule has 9 heteroatoms. The van der Waals surface area contributed by atoms with Gasteiger partial charge in [-0.2, -0.15) is 0 Å². The topological polar surface area (TPSA) is 102 Å². The van der Waals surface area contributed by atoms with Gasteiger partial charge in [0.25, 0.3) is 11.8 Å². The van der Waals surface area contributed by atoms with E-state index in [-0.39, 0.29) is 32.0 Å². The van der Waals surface area contributed by atoms with Crippen molar-refractivity contribution in [3.8, 4) is 11.5 Å². The number of esters is 1. The first kappa shape index (κ1) is 21.4. The average molecular weight is 438 g/mol. The molecular formula is C23H22N2O7. The third-order valence-electron chi connectivity index (χ3n) is 5.57. The average Bonchev–Trinajstić information content (AvgIpc) is 3.32. The minimum absolute atomic E-state index is 0.0141. The van der Waals surface area contributed by atoms with Crippen molar-refractivity contribution in [1.29, 1.82) is 0 Å². The predicted molar refractivity (Wildman–Crippen MR) is 113 cm³/mol. The van der Waals surface area contributed by atoms with Crippen molar-refractivity contribution < 1.29 is 33.4 Å². The quantitative estimate of drug-likeness (QED) is 0.481. The number of ether oxygens (including phenoxy) is 3. The van der Waals surface area contributed by atoms with Gasteiger partial charge in [0.2, 0.25) is 5.91 Å². The second-order valence-electron chi connectivity index (χ2n) is 7.42. The molecule has 1 atom stereocenters. The van der Waals surface area contributed by atoms with Crippen molar-refractivity contribution >= 4 is 29.4 Å². The van der Waals surface area contributed by atoms with E-state index in [4.69, 9.17) is 14.2 Å². The Labute approximate surface area is 184 Å². The summed E-state index contributed by atoms with van der Waals surface area (Å²) in [5.74, 6) is -1.19. The Bertz CT molecular complexity index is 1060. The van der Waals surface area contributed by atoms with Gasteiger partial charge in [0.15, 0.2) is 11.5 Å². The summed E-state index contributed by atoms with van der Waals surface area (Å²) in [7, 11) is 3.02. The van der Waals surface area contributed by atoms with E-state index in [2.05, 4.69) is 0 Å². The highest BCUT2D eigenvalue weighted by Crippen LogP contribution is 2.34. The number of hydrogen-bond donors (Lipinski definition) is 0. The van der Waals surface area contributed by atoms with Crippen LogP contribution < -0.4 is 14.4 Å². The molecule has 1 saturated heterocycles. The number of methoxy groups -OCH3 is 2. The van der Waals surface area contributed by atoms with E-state index in [1.165, 1.54) is 19.1 Å². The molecule has 0 N–H and O–H groups in total. The van der Waals surface area contributed by atoms with Crippen LogP contribution in [-0.4, -0.2) is 62.5 Å². The lowest BCUT2D eigenvalue weighted by Crippen LogP contribution is -2.34. The molecule has 32 heavy (non-hydrogen) atoms. The summed E-state index contributed by atoms with van der Waals surface area (Å²) >= 11 is 0. The number of rotatable bonds is 7. The zero-order chi connectivity index (χ0) is 22.8. The molecule has 0 aromatic heterocycles. The van der Waals surface area contributed by atoms with Gasteiger partial charge in [0, 0.05) is 24.7 Å². The summed E-state index contributed by atoms with van der Waals surface area (Å²) in [6.07, 6.45) is 0.0141. The van der Waals surface area contributed by atoms with Gasteiger partial charge in [-0.1, -0.05) is 12.1 Å². The maximum Gasteiger partial charge on any atom is 0.311 e. The van der Waals surface area contributed by atoms with Gasteiger partial charge < -0.3 is 19.1 Å². The number of amides is 3. The van der Waals surface area contributed by atoms with Crippen molar-refractivity contribution in [3.63, 3.8) is 0 Å². The van der Waals surface area contributed by atoms with Crippen LogP contribution in [0.3, 0.4) is 0 Å². The number of nitrogens with zero attached hydrogens (tertiary/aromatic N) is 2. The molecule has 2 aliphatic heterocycles. The molecule has 0 bridgehead atoms. The minimum Gasteiger partial charge on any atom is -0.493 e. The van der Waals surface area contributed by atoms with Crippen molar-refractivity contribution in [1.82, 2.24) is 4.90 Å². The highest BCUT2D eigenvalue weighted by Gasteiger charge is 2.38. The molecule has 9 nitrogen and oxygen atoms in total. The zero-order valence-electron chi connectivity index (χ0n) is 17.7. The molecule has 166 valence electrons. The van der Waals surface area contributed by atoms with Crippen LogP contribution in [0.5, 0.6) is 11.5 Å². The van der Waals surface area contributed by atoms with Gasteiger partial charge in [0.1, 0.15) is 6.61 Å². The number of fused-ring (bicyclic) bond motifs is 1. The van der Waals surface area contributed by atoms with Gasteiger partial charge >= 0.3 is 5.97 Å². The molecule has 1 fully saturated rings. The molecule has 2 aromatic carbocycles. The Morgan fingerprint density at radius 2 is 1.62 bits per heavy atom. The molecular weight excluding hydrogens is 416 g/mol. The number of benzene rings is 2. The van der Waals surface area contributed by atoms with Crippen LogP contribution in [0.2, 0.25) is 0 Å². The second kappa shape index (κ2) is 8.70. The third kappa shape index (κ3) is 3.77. The van der Waals surface area contributed by atoms with Crippen molar-refractivity contribution in [2.24, 2.45) is 5.92 Å². The standard InChI is InChI=1S/C23H22N2O7/c1-30-18-8-7-15(12-19(18)31-2)25-13-14(11-20(25)26)23(29)32-10-9-24-21(27)16-5-3-4-6-17(16)22(24)28/h3-8,12,14H,9-11,13H2,1-2H3.